The second-order valence-electron chi connectivity index (χ2n) is 7.64. The highest BCUT2D eigenvalue weighted by molar-refractivity contribution is 7.53. The molecule has 1 saturated heterocycles. The van der Waals surface area contributed by atoms with Crippen LogP contribution in [-0.2, 0) is 13.8 Å². The van der Waals surface area contributed by atoms with Gasteiger partial charge in [-0.1, -0.05) is 16.6 Å². The smallest absolute Gasteiger partial charge is 0.356 e. The Morgan fingerprint density at radius 3 is 2.70 bits per heavy atom. The molecule has 14 heteroatoms. The van der Waals surface area contributed by atoms with Crippen molar-refractivity contribution in [2.24, 2.45) is 0 Å². The first-order valence-corrected chi connectivity index (χ1v) is 11.0. The van der Waals surface area contributed by atoms with Gasteiger partial charge in [0.1, 0.15) is 18.5 Å². The van der Waals surface area contributed by atoms with E-state index in [1.165, 1.54) is 10.9 Å². The van der Waals surface area contributed by atoms with Crippen molar-refractivity contribution in [2.75, 3.05) is 5.73 Å². The third-order valence-corrected chi connectivity index (χ3v) is 7.01. The first kappa shape index (κ1) is 22.8. The van der Waals surface area contributed by atoms with E-state index in [1.807, 2.05) is 0 Å². The number of hydrogen-bond acceptors (Lipinski definition) is 10. The van der Waals surface area contributed by atoms with Crippen LogP contribution in [0.5, 0.6) is 0 Å². The Morgan fingerprint density at radius 1 is 1.43 bits per heavy atom. The number of hydrogen-bond donors (Lipinski definition) is 6. The molecule has 1 aliphatic rings. The fraction of sp³-hybridized carbons (Fsp3) is 0.688. The van der Waals surface area contributed by atoms with Crippen LogP contribution in [0.2, 0.25) is 0 Å². The van der Waals surface area contributed by atoms with Crippen LogP contribution in [0.3, 0.4) is 0 Å². The molecule has 3 rings (SSSR count). The predicted octanol–water partition coefficient (Wildman–Crippen LogP) is -0.743. The lowest BCUT2D eigenvalue weighted by atomic mass is 9.93. The highest BCUT2D eigenvalue weighted by Gasteiger charge is 2.48. The van der Waals surface area contributed by atoms with Crippen molar-refractivity contribution in [2.45, 2.75) is 69.6 Å². The lowest BCUT2D eigenvalue weighted by molar-refractivity contribution is -0.894. The molecule has 0 saturated carbocycles. The molecule has 1 aliphatic heterocycles. The number of rotatable bonds is 7. The summed E-state index contributed by atoms with van der Waals surface area (Å²) in [6.07, 6.45) is -2.12. The SMILES string of the molecule is CCC(C)(C[C@H]1O[C@@H](n2cnc3c(N)[n+](O)cnc32)[C@H](O)[C@@H]1O)OP(=O)(O)C(C)O. The third-order valence-electron chi connectivity index (χ3n) is 5.36. The van der Waals surface area contributed by atoms with Gasteiger partial charge in [-0.15, -0.1) is 0 Å². The van der Waals surface area contributed by atoms with Crippen LogP contribution in [0.1, 0.15) is 39.8 Å². The van der Waals surface area contributed by atoms with Crippen LogP contribution in [0.15, 0.2) is 12.7 Å². The fourth-order valence-electron chi connectivity index (χ4n) is 3.32. The molecule has 2 aromatic heterocycles. The number of anilines is 1. The van der Waals surface area contributed by atoms with E-state index in [0.717, 1.165) is 13.3 Å². The maximum Gasteiger partial charge on any atom is 0.356 e. The molecular weight excluding hydrogens is 421 g/mol. The number of ether oxygens (including phenoxy) is 1. The van der Waals surface area contributed by atoms with Crippen LogP contribution in [0.4, 0.5) is 5.82 Å². The Labute approximate surface area is 171 Å². The van der Waals surface area contributed by atoms with E-state index < -0.39 is 43.6 Å². The molecule has 0 aliphatic carbocycles. The Balaban J connectivity index is 1.85. The van der Waals surface area contributed by atoms with Crippen molar-refractivity contribution in [3.8, 4) is 0 Å². The molecule has 0 spiro atoms. The van der Waals surface area contributed by atoms with Crippen molar-refractivity contribution in [1.82, 2.24) is 14.5 Å². The zero-order valence-electron chi connectivity index (χ0n) is 16.7. The van der Waals surface area contributed by atoms with Crippen LogP contribution in [0.25, 0.3) is 11.2 Å². The number of fused-ring (bicyclic) bond motifs is 1. The first-order chi connectivity index (χ1) is 13.9. The molecule has 3 heterocycles. The molecule has 3 unspecified atom stereocenters. The van der Waals surface area contributed by atoms with E-state index in [0.29, 0.717) is 4.73 Å². The third kappa shape index (κ3) is 4.02. The van der Waals surface area contributed by atoms with Crippen molar-refractivity contribution in [3.05, 3.63) is 12.7 Å². The quantitative estimate of drug-likeness (QED) is 0.177. The number of imidazole rings is 1. The van der Waals surface area contributed by atoms with Crippen molar-refractivity contribution in [1.29, 1.82) is 0 Å². The minimum atomic E-state index is -4.31. The molecular formula is C16H27N5O8P+. The van der Waals surface area contributed by atoms with Gasteiger partial charge in [0.15, 0.2) is 12.1 Å². The zero-order chi connectivity index (χ0) is 22.4. The number of aliphatic hydroxyl groups excluding tert-OH is 3. The van der Waals surface area contributed by atoms with E-state index in [1.54, 1.807) is 13.8 Å². The highest BCUT2D eigenvalue weighted by atomic mass is 31.2. The van der Waals surface area contributed by atoms with Gasteiger partial charge in [0.25, 0.3) is 12.1 Å². The normalized spacial score (nSPS) is 29.6. The van der Waals surface area contributed by atoms with Gasteiger partial charge in [-0.05, 0) is 20.3 Å². The summed E-state index contributed by atoms with van der Waals surface area (Å²) in [5, 5.41) is 40.2. The van der Waals surface area contributed by atoms with E-state index >= 15 is 0 Å². The van der Waals surface area contributed by atoms with Gasteiger partial charge >= 0.3 is 7.60 Å². The zero-order valence-corrected chi connectivity index (χ0v) is 17.6. The second-order valence-corrected chi connectivity index (χ2v) is 9.70. The minimum absolute atomic E-state index is 0.0334. The Kier molecular flexibility index (Phi) is 6.09. The van der Waals surface area contributed by atoms with E-state index in [-0.39, 0.29) is 29.8 Å². The summed E-state index contributed by atoms with van der Waals surface area (Å²) in [4.78, 5) is 18.0. The van der Waals surface area contributed by atoms with Crippen LogP contribution < -0.4 is 10.5 Å². The van der Waals surface area contributed by atoms with E-state index in [9.17, 15) is 30.0 Å². The molecule has 0 bridgehead atoms. The van der Waals surface area contributed by atoms with E-state index in [2.05, 4.69) is 9.97 Å². The number of aromatic nitrogens is 4. The fourth-order valence-corrected chi connectivity index (χ4v) is 4.31. The van der Waals surface area contributed by atoms with Crippen LogP contribution >= 0.6 is 7.60 Å². The molecule has 30 heavy (non-hydrogen) atoms. The Bertz CT molecular complexity index is 971. The predicted molar refractivity (Wildman–Crippen MR) is 101 cm³/mol. The van der Waals surface area contributed by atoms with Gasteiger partial charge in [-0.25, -0.2) is 4.98 Å². The molecule has 7 N–H and O–H groups in total. The maximum absolute atomic E-state index is 12.1. The summed E-state index contributed by atoms with van der Waals surface area (Å²) in [5.41, 5.74) is 4.94. The van der Waals surface area contributed by atoms with Gasteiger partial charge in [0, 0.05) is 6.42 Å². The molecule has 2 aromatic rings. The molecule has 1 fully saturated rings. The summed E-state index contributed by atoms with van der Waals surface area (Å²) >= 11 is 0. The lowest BCUT2D eigenvalue weighted by Gasteiger charge is -2.34. The molecule has 0 aromatic carbocycles. The standard InChI is InChI=1S/C16H26N5O8P/c1-4-16(3,29-30(26,27)8(2)22)5-9-11(23)12(24)15(28-9)20-6-18-10-13(17)21(25)7-19-14(10)20/h6-9,11-12,15,17,22-25H,4-5H2,1-3H3,(H,26,27)/p+1/t8?,9-,11-,12-,15-,16?/m1/s1. The summed E-state index contributed by atoms with van der Waals surface area (Å²) in [7, 11) is -4.31. The van der Waals surface area contributed by atoms with Gasteiger partial charge in [-0.3, -0.25) is 9.13 Å². The monoisotopic (exact) mass is 448 g/mol. The largest absolute Gasteiger partial charge is 0.388 e. The van der Waals surface area contributed by atoms with Crippen molar-refractivity contribution >= 4 is 24.6 Å². The van der Waals surface area contributed by atoms with E-state index in [4.69, 9.17) is 15.0 Å². The molecule has 7 atom stereocenters. The maximum atomic E-state index is 12.1. The Morgan fingerprint density at radius 2 is 2.10 bits per heavy atom. The van der Waals surface area contributed by atoms with Crippen LogP contribution in [-0.4, -0.2) is 69.7 Å². The van der Waals surface area contributed by atoms with Crippen molar-refractivity contribution < 1.29 is 44.0 Å². The molecule has 13 nitrogen and oxygen atoms in total. The summed E-state index contributed by atoms with van der Waals surface area (Å²) < 4.78 is 25.3. The van der Waals surface area contributed by atoms with Gasteiger partial charge in [0.2, 0.25) is 11.2 Å². The topological polar surface area (TPSA) is 197 Å². The molecule has 168 valence electrons. The van der Waals surface area contributed by atoms with Crippen molar-refractivity contribution in [3.63, 3.8) is 0 Å². The second kappa shape index (κ2) is 8.00. The van der Waals surface area contributed by atoms with Crippen LogP contribution in [0, 0.1) is 0 Å². The summed E-state index contributed by atoms with van der Waals surface area (Å²) in [6.45, 7) is 4.43. The molecule has 0 radical (unpaired) electrons. The van der Waals surface area contributed by atoms with Gasteiger partial charge in [-0.2, -0.15) is 0 Å². The first-order valence-electron chi connectivity index (χ1n) is 9.35. The van der Waals surface area contributed by atoms with Gasteiger partial charge in [0.05, 0.1) is 11.7 Å². The summed E-state index contributed by atoms with van der Waals surface area (Å²) in [6, 6.07) is 0. The number of aliphatic hydroxyl groups is 3. The summed E-state index contributed by atoms with van der Waals surface area (Å²) in [5.74, 6) is -1.65. The lowest BCUT2D eigenvalue weighted by Crippen LogP contribution is -2.39. The highest BCUT2D eigenvalue weighted by Crippen LogP contribution is 2.52. The Hall–Kier alpha value is -1.86. The number of nitrogen functional groups attached to an aromatic ring is 1. The average molecular weight is 448 g/mol. The number of nitrogens with two attached hydrogens (primary N) is 1. The number of nitrogens with zero attached hydrogens (tertiary/aromatic N) is 4. The van der Waals surface area contributed by atoms with Gasteiger partial charge < -0.3 is 40.4 Å². The average Bonchev–Trinajstić information content (AvgIpc) is 3.21. The molecule has 0 amide bonds. The minimum Gasteiger partial charge on any atom is -0.388 e.